The summed E-state index contributed by atoms with van der Waals surface area (Å²) < 4.78 is 0. The van der Waals surface area contributed by atoms with Crippen molar-refractivity contribution in [2.75, 3.05) is 38.8 Å². The van der Waals surface area contributed by atoms with E-state index in [4.69, 9.17) is 5.11 Å². The highest BCUT2D eigenvalue weighted by molar-refractivity contribution is 7.98. The minimum absolute atomic E-state index is 0.00250. The second kappa shape index (κ2) is 9.00. The van der Waals surface area contributed by atoms with Crippen LogP contribution in [0.1, 0.15) is 13.3 Å². The van der Waals surface area contributed by atoms with Crippen LogP contribution < -0.4 is 5.32 Å². The summed E-state index contributed by atoms with van der Waals surface area (Å²) in [7, 11) is 1.95. The number of amides is 1. The highest BCUT2D eigenvalue weighted by atomic mass is 32.2. The van der Waals surface area contributed by atoms with E-state index in [1.165, 1.54) is 0 Å². The molecule has 0 heterocycles. The van der Waals surface area contributed by atoms with Crippen LogP contribution in [0.3, 0.4) is 0 Å². The van der Waals surface area contributed by atoms with E-state index in [9.17, 15) is 4.79 Å². The van der Waals surface area contributed by atoms with Gasteiger partial charge in [-0.15, -0.1) is 0 Å². The molecule has 4 nitrogen and oxygen atoms in total. The van der Waals surface area contributed by atoms with Gasteiger partial charge in [0.2, 0.25) is 5.91 Å². The number of rotatable bonds is 8. The zero-order valence-electron chi connectivity index (χ0n) is 9.82. The highest BCUT2D eigenvalue weighted by Gasteiger charge is 2.11. The Kier molecular flexibility index (Phi) is 8.85. The number of aliphatic hydroxyl groups excluding tert-OH is 1. The van der Waals surface area contributed by atoms with Gasteiger partial charge in [0.1, 0.15) is 0 Å². The number of hydrogen-bond donors (Lipinski definition) is 2. The lowest BCUT2D eigenvalue weighted by atomic mass is 10.2. The molecule has 90 valence electrons. The van der Waals surface area contributed by atoms with Crippen LogP contribution in [-0.2, 0) is 4.79 Å². The van der Waals surface area contributed by atoms with Gasteiger partial charge in [-0.25, -0.2) is 0 Å². The average Bonchev–Trinajstić information content (AvgIpc) is 2.22. The predicted octanol–water partition coefficient (Wildman–Crippen LogP) is 0.168. The number of likely N-dealkylation sites (N-methyl/N-ethyl adjacent to an activating group) is 1. The summed E-state index contributed by atoms with van der Waals surface area (Å²) in [5.74, 6) is 1.09. The van der Waals surface area contributed by atoms with Gasteiger partial charge in [-0.1, -0.05) is 0 Å². The van der Waals surface area contributed by atoms with Crippen molar-refractivity contribution in [3.63, 3.8) is 0 Å². The number of carbonyl (C=O) groups is 1. The van der Waals surface area contributed by atoms with Gasteiger partial charge in [0, 0.05) is 12.6 Å². The first-order valence-electron chi connectivity index (χ1n) is 5.18. The topological polar surface area (TPSA) is 52.6 Å². The third kappa shape index (κ3) is 7.64. The van der Waals surface area contributed by atoms with Gasteiger partial charge < -0.3 is 10.4 Å². The summed E-state index contributed by atoms with van der Waals surface area (Å²) in [6, 6.07) is 0.414. The van der Waals surface area contributed by atoms with Crippen LogP contribution in [0, 0.1) is 0 Å². The predicted molar refractivity (Wildman–Crippen MR) is 65.2 cm³/mol. The second-order valence-electron chi connectivity index (χ2n) is 3.62. The lowest BCUT2D eigenvalue weighted by molar-refractivity contribution is -0.122. The fourth-order valence-electron chi connectivity index (χ4n) is 1.14. The molecule has 0 aromatic heterocycles. The number of nitrogens with one attached hydrogen (secondary N) is 1. The Labute approximate surface area is 96.4 Å². The van der Waals surface area contributed by atoms with Crippen LogP contribution in [0.25, 0.3) is 0 Å². The quantitative estimate of drug-likeness (QED) is 0.628. The molecule has 0 rings (SSSR count). The van der Waals surface area contributed by atoms with Crippen LogP contribution in [0.2, 0.25) is 0 Å². The number of nitrogens with zero attached hydrogens (tertiary/aromatic N) is 1. The Bertz CT molecular complexity index is 179. The smallest absolute Gasteiger partial charge is 0.234 e. The molecule has 1 unspecified atom stereocenters. The Morgan fingerprint density at radius 1 is 1.60 bits per heavy atom. The zero-order chi connectivity index (χ0) is 11.7. The van der Waals surface area contributed by atoms with E-state index in [1.54, 1.807) is 0 Å². The molecule has 0 aromatic rings. The number of hydrogen-bond acceptors (Lipinski definition) is 4. The molecule has 1 amide bonds. The van der Waals surface area contributed by atoms with Gasteiger partial charge in [-0.05, 0) is 32.4 Å². The SMILES string of the molecule is CSCCC(C)N(C)CC(=O)NCCO. The average molecular weight is 234 g/mol. The van der Waals surface area contributed by atoms with Crippen molar-refractivity contribution in [2.24, 2.45) is 0 Å². The Morgan fingerprint density at radius 2 is 2.27 bits per heavy atom. The molecule has 15 heavy (non-hydrogen) atoms. The van der Waals surface area contributed by atoms with Gasteiger partial charge in [0.05, 0.1) is 13.2 Å². The summed E-state index contributed by atoms with van der Waals surface area (Å²) in [5.41, 5.74) is 0. The summed E-state index contributed by atoms with van der Waals surface area (Å²) >= 11 is 1.82. The van der Waals surface area contributed by atoms with E-state index in [-0.39, 0.29) is 12.5 Å². The monoisotopic (exact) mass is 234 g/mol. The molecule has 2 N–H and O–H groups in total. The minimum atomic E-state index is -0.0254. The molecule has 0 aromatic carbocycles. The van der Waals surface area contributed by atoms with Crippen molar-refractivity contribution in [3.8, 4) is 0 Å². The van der Waals surface area contributed by atoms with Gasteiger partial charge >= 0.3 is 0 Å². The summed E-state index contributed by atoms with van der Waals surface area (Å²) in [5, 5.41) is 11.2. The van der Waals surface area contributed by atoms with Crippen LogP contribution in [0.15, 0.2) is 0 Å². The molecule has 0 aliphatic heterocycles. The molecule has 0 radical (unpaired) electrons. The number of carbonyl (C=O) groups excluding carboxylic acids is 1. The number of thioether (sulfide) groups is 1. The van der Waals surface area contributed by atoms with Crippen molar-refractivity contribution in [3.05, 3.63) is 0 Å². The Hall–Kier alpha value is -0.260. The van der Waals surface area contributed by atoms with E-state index in [0.717, 1.165) is 12.2 Å². The maximum Gasteiger partial charge on any atom is 0.234 e. The molecule has 0 spiro atoms. The number of aliphatic hydroxyl groups is 1. The zero-order valence-corrected chi connectivity index (χ0v) is 10.6. The minimum Gasteiger partial charge on any atom is -0.395 e. The Balaban J connectivity index is 3.69. The molecule has 0 aliphatic carbocycles. The first-order chi connectivity index (χ1) is 7.11. The van der Waals surface area contributed by atoms with Crippen molar-refractivity contribution in [1.82, 2.24) is 10.2 Å². The molecule has 0 bridgehead atoms. The molecule has 0 saturated carbocycles. The fourth-order valence-corrected chi connectivity index (χ4v) is 1.72. The van der Waals surface area contributed by atoms with E-state index in [0.29, 0.717) is 19.1 Å². The highest BCUT2D eigenvalue weighted by Crippen LogP contribution is 2.05. The Morgan fingerprint density at radius 3 is 2.80 bits per heavy atom. The van der Waals surface area contributed by atoms with Crippen molar-refractivity contribution in [2.45, 2.75) is 19.4 Å². The van der Waals surface area contributed by atoms with E-state index in [2.05, 4.69) is 18.5 Å². The molecule has 5 heteroatoms. The van der Waals surface area contributed by atoms with Gasteiger partial charge in [0.15, 0.2) is 0 Å². The van der Waals surface area contributed by atoms with Crippen molar-refractivity contribution in [1.29, 1.82) is 0 Å². The van der Waals surface area contributed by atoms with Crippen LogP contribution in [0.5, 0.6) is 0 Å². The first kappa shape index (κ1) is 14.7. The summed E-state index contributed by atoms with van der Waals surface area (Å²) in [4.78, 5) is 13.4. The summed E-state index contributed by atoms with van der Waals surface area (Å²) in [6.45, 7) is 2.86. The molecule has 1 atom stereocenters. The fraction of sp³-hybridized carbons (Fsp3) is 0.900. The maximum atomic E-state index is 11.3. The molecular formula is C10H22N2O2S. The van der Waals surface area contributed by atoms with E-state index in [1.807, 2.05) is 23.7 Å². The van der Waals surface area contributed by atoms with Gasteiger partial charge in [0.25, 0.3) is 0 Å². The lowest BCUT2D eigenvalue weighted by Gasteiger charge is -2.23. The summed E-state index contributed by atoms with van der Waals surface area (Å²) in [6.07, 6.45) is 3.17. The lowest BCUT2D eigenvalue weighted by Crippen LogP contribution is -2.40. The standard InChI is InChI=1S/C10H22N2O2S/c1-9(4-7-15-3)12(2)8-10(14)11-5-6-13/h9,13H,4-8H2,1-3H3,(H,11,14). The first-order valence-corrected chi connectivity index (χ1v) is 6.58. The molecule has 0 saturated heterocycles. The van der Waals surface area contributed by atoms with E-state index >= 15 is 0 Å². The third-order valence-electron chi connectivity index (χ3n) is 2.32. The van der Waals surface area contributed by atoms with Crippen LogP contribution in [0.4, 0.5) is 0 Å². The normalized spacial score (nSPS) is 12.9. The third-order valence-corrected chi connectivity index (χ3v) is 2.96. The molecule has 0 fully saturated rings. The maximum absolute atomic E-state index is 11.3. The largest absolute Gasteiger partial charge is 0.395 e. The molecule has 0 aliphatic rings. The van der Waals surface area contributed by atoms with E-state index < -0.39 is 0 Å². The molecular weight excluding hydrogens is 212 g/mol. The van der Waals surface area contributed by atoms with Crippen LogP contribution in [-0.4, -0.2) is 60.7 Å². The van der Waals surface area contributed by atoms with Gasteiger partial charge in [-0.2, -0.15) is 11.8 Å². The van der Waals surface area contributed by atoms with Crippen molar-refractivity contribution >= 4 is 17.7 Å². The van der Waals surface area contributed by atoms with Crippen molar-refractivity contribution < 1.29 is 9.90 Å². The van der Waals surface area contributed by atoms with Crippen LogP contribution >= 0.6 is 11.8 Å². The van der Waals surface area contributed by atoms with Gasteiger partial charge in [-0.3, -0.25) is 9.69 Å². The second-order valence-corrected chi connectivity index (χ2v) is 4.60.